The van der Waals surface area contributed by atoms with Gasteiger partial charge >= 0.3 is 0 Å². The van der Waals surface area contributed by atoms with Gasteiger partial charge in [-0.1, -0.05) is 13.0 Å². The Hall–Kier alpha value is -1.15. The molecule has 4 heteroatoms. The van der Waals surface area contributed by atoms with Gasteiger partial charge in [0.25, 0.3) is 0 Å². The summed E-state index contributed by atoms with van der Waals surface area (Å²) in [7, 11) is 0. The smallest absolute Gasteiger partial charge is 0.0638 e. The quantitative estimate of drug-likeness (QED) is 0.855. The molecule has 2 rings (SSSR count). The third-order valence-electron chi connectivity index (χ3n) is 2.85. The fourth-order valence-corrected chi connectivity index (χ4v) is 3.39. The van der Waals surface area contributed by atoms with Gasteiger partial charge in [0, 0.05) is 27.9 Å². The first kappa shape index (κ1) is 13.3. The molecule has 0 spiro atoms. The molecule has 2 aromatic rings. The summed E-state index contributed by atoms with van der Waals surface area (Å²) in [6.07, 6.45) is 1.58. The number of nitrogens with zero attached hydrogens (tertiary/aromatic N) is 1. The van der Waals surface area contributed by atoms with Crippen molar-refractivity contribution >= 4 is 22.7 Å². The Morgan fingerprint density at radius 1 is 1.44 bits per heavy atom. The van der Waals surface area contributed by atoms with Crippen LogP contribution < -0.4 is 5.32 Å². The summed E-state index contributed by atoms with van der Waals surface area (Å²) in [5.74, 6) is 0. The van der Waals surface area contributed by atoms with E-state index >= 15 is 0 Å². The summed E-state index contributed by atoms with van der Waals surface area (Å²) >= 11 is 3.55. The van der Waals surface area contributed by atoms with Crippen molar-refractivity contribution < 1.29 is 0 Å². The zero-order valence-corrected chi connectivity index (χ0v) is 12.0. The van der Waals surface area contributed by atoms with Crippen LogP contribution in [-0.4, -0.2) is 6.04 Å². The molecule has 0 amide bonds. The van der Waals surface area contributed by atoms with Crippen LogP contribution in [0.2, 0.25) is 0 Å². The maximum absolute atomic E-state index is 8.71. The first-order valence-electron chi connectivity index (χ1n) is 6.05. The van der Waals surface area contributed by atoms with Gasteiger partial charge in [-0.2, -0.15) is 5.26 Å². The van der Waals surface area contributed by atoms with Crippen LogP contribution in [0.3, 0.4) is 0 Å². The predicted molar refractivity (Wildman–Crippen MR) is 78.8 cm³/mol. The van der Waals surface area contributed by atoms with Crippen LogP contribution in [0.4, 0.5) is 0 Å². The van der Waals surface area contributed by atoms with E-state index in [1.807, 2.05) is 0 Å². The van der Waals surface area contributed by atoms with E-state index in [-0.39, 0.29) is 0 Å². The fraction of sp³-hybridized carbons (Fsp3) is 0.357. The Bertz CT molecular complexity index is 508. The Morgan fingerprint density at radius 2 is 2.33 bits per heavy atom. The van der Waals surface area contributed by atoms with E-state index in [1.165, 1.54) is 15.3 Å². The minimum Gasteiger partial charge on any atom is -0.308 e. The molecule has 2 aromatic heterocycles. The highest BCUT2D eigenvalue weighted by Gasteiger charge is 2.07. The highest BCUT2D eigenvalue weighted by molar-refractivity contribution is 7.14. The van der Waals surface area contributed by atoms with Crippen molar-refractivity contribution in [3.05, 3.63) is 33.8 Å². The zero-order chi connectivity index (χ0) is 12.8. The highest BCUT2D eigenvalue weighted by Crippen LogP contribution is 2.29. The summed E-state index contributed by atoms with van der Waals surface area (Å²) in [4.78, 5) is 2.65. The molecule has 0 saturated carbocycles. The van der Waals surface area contributed by atoms with E-state index in [0.29, 0.717) is 12.5 Å². The number of hydrogen-bond donors (Lipinski definition) is 1. The van der Waals surface area contributed by atoms with Crippen LogP contribution in [-0.2, 0) is 6.54 Å². The molecule has 0 radical (unpaired) electrons. The highest BCUT2D eigenvalue weighted by atomic mass is 32.1. The molecule has 1 unspecified atom stereocenters. The molecule has 1 atom stereocenters. The van der Waals surface area contributed by atoms with Gasteiger partial charge in [-0.3, -0.25) is 0 Å². The molecule has 0 fully saturated rings. The van der Waals surface area contributed by atoms with E-state index in [2.05, 4.69) is 47.3 Å². The second-order valence-electron chi connectivity index (χ2n) is 4.13. The lowest BCUT2D eigenvalue weighted by molar-refractivity contribution is 0.507. The van der Waals surface area contributed by atoms with Crippen molar-refractivity contribution in [3.63, 3.8) is 0 Å². The van der Waals surface area contributed by atoms with Crippen LogP contribution in [0.25, 0.3) is 10.4 Å². The summed E-state index contributed by atoms with van der Waals surface area (Å²) in [6, 6.07) is 9.00. The van der Waals surface area contributed by atoms with Gasteiger partial charge in [0.1, 0.15) is 0 Å². The molecular formula is C14H16N2S2. The van der Waals surface area contributed by atoms with Gasteiger partial charge in [0.05, 0.1) is 12.5 Å². The maximum Gasteiger partial charge on any atom is 0.0638 e. The summed E-state index contributed by atoms with van der Waals surface area (Å²) in [5.41, 5.74) is 1.31. The molecule has 0 aliphatic carbocycles. The van der Waals surface area contributed by atoms with Crippen LogP contribution >= 0.6 is 22.7 Å². The molecule has 0 aromatic carbocycles. The van der Waals surface area contributed by atoms with Crippen LogP contribution in [0.15, 0.2) is 29.0 Å². The van der Waals surface area contributed by atoms with E-state index in [9.17, 15) is 0 Å². The number of nitriles is 1. The van der Waals surface area contributed by atoms with Gasteiger partial charge in [-0.15, -0.1) is 22.7 Å². The molecule has 1 N–H and O–H groups in total. The molecular weight excluding hydrogens is 260 g/mol. The summed E-state index contributed by atoms with van der Waals surface area (Å²) in [6.45, 7) is 2.97. The van der Waals surface area contributed by atoms with Crippen molar-refractivity contribution in [2.45, 2.75) is 32.4 Å². The van der Waals surface area contributed by atoms with E-state index < -0.39 is 0 Å². The molecule has 94 valence electrons. The lowest BCUT2D eigenvalue weighted by Gasteiger charge is -2.11. The Labute approximate surface area is 116 Å². The normalized spacial score (nSPS) is 12.2. The average molecular weight is 276 g/mol. The molecule has 0 aliphatic rings. The van der Waals surface area contributed by atoms with E-state index in [1.54, 1.807) is 22.7 Å². The average Bonchev–Trinajstić information content (AvgIpc) is 3.04. The van der Waals surface area contributed by atoms with Gasteiger partial charge in [-0.25, -0.2) is 0 Å². The molecule has 0 saturated heterocycles. The SMILES string of the molecule is CCC(CC#N)NCc1cc(-c2cccs2)cs1. The number of thiophene rings is 2. The largest absolute Gasteiger partial charge is 0.308 e. The summed E-state index contributed by atoms with van der Waals surface area (Å²) < 4.78 is 0. The number of rotatable bonds is 6. The molecule has 0 bridgehead atoms. The van der Waals surface area contributed by atoms with Crippen molar-refractivity contribution in [2.24, 2.45) is 0 Å². The van der Waals surface area contributed by atoms with Gasteiger partial charge < -0.3 is 5.32 Å². The third kappa shape index (κ3) is 3.42. The molecule has 2 nitrogen and oxygen atoms in total. The van der Waals surface area contributed by atoms with Crippen molar-refractivity contribution in [3.8, 4) is 16.5 Å². The second kappa shape index (κ2) is 6.69. The molecule has 0 aliphatic heterocycles. The van der Waals surface area contributed by atoms with Crippen molar-refractivity contribution in [1.29, 1.82) is 5.26 Å². The Morgan fingerprint density at radius 3 is 3.00 bits per heavy atom. The number of hydrogen-bond acceptors (Lipinski definition) is 4. The zero-order valence-electron chi connectivity index (χ0n) is 10.3. The third-order valence-corrected chi connectivity index (χ3v) is 4.71. The van der Waals surface area contributed by atoms with Gasteiger partial charge in [0.15, 0.2) is 0 Å². The fourth-order valence-electron chi connectivity index (χ4n) is 1.76. The van der Waals surface area contributed by atoms with Crippen molar-refractivity contribution in [2.75, 3.05) is 0 Å². The second-order valence-corrected chi connectivity index (χ2v) is 6.07. The Balaban J connectivity index is 1.93. The standard InChI is InChI=1S/C14H16N2S2/c1-2-12(5-6-15)16-9-13-8-11(10-18-13)14-4-3-7-17-14/h3-4,7-8,10,12,16H,2,5,9H2,1H3. The van der Waals surface area contributed by atoms with E-state index in [0.717, 1.165) is 13.0 Å². The minimum absolute atomic E-state index is 0.308. The van der Waals surface area contributed by atoms with Crippen LogP contribution in [0, 0.1) is 11.3 Å². The predicted octanol–water partition coefficient (Wildman–Crippen LogP) is 4.26. The maximum atomic E-state index is 8.71. The van der Waals surface area contributed by atoms with Gasteiger partial charge in [-0.05, 0) is 29.3 Å². The van der Waals surface area contributed by atoms with Crippen LogP contribution in [0.1, 0.15) is 24.6 Å². The topological polar surface area (TPSA) is 35.8 Å². The van der Waals surface area contributed by atoms with Crippen LogP contribution in [0.5, 0.6) is 0 Å². The monoisotopic (exact) mass is 276 g/mol. The van der Waals surface area contributed by atoms with Gasteiger partial charge in [0.2, 0.25) is 0 Å². The first-order chi connectivity index (χ1) is 8.83. The lowest BCUT2D eigenvalue weighted by atomic mass is 10.1. The number of nitrogens with one attached hydrogen (secondary N) is 1. The molecule has 18 heavy (non-hydrogen) atoms. The first-order valence-corrected chi connectivity index (χ1v) is 7.81. The molecule has 2 heterocycles. The lowest BCUT2D eigenvalue weighted by Crippen LogP contribution is -2.26. The minimum atomic E-state index is 0.308. The van der Waals surface area contributed by atoms with E-state index in [4.69, 9.17) is 5.26 Å². The summed E-state index contributed by atoms with van der Waals surface area (Å²) in [5, 5.41) is 16.4. The van der Waals surface area contributed by atoms with Crippen molar-refractivity contribution in [1.82, 2.24) is 5.32 Å². The Kier molecular flexibility index (Phi) is 4.94.